The molecule has 1 aliphatic rings. The first kappa shape index (κ1) is 14.3. The number of hydrogen-bond acceptors (Lipinski definition) is 2. The van der Waals surface area contributed by atoms with E-state index >= 15 is 0 Å². The van der Waals surface area contributed by atoms with Gasteiger partial charge in [-0.2, -0.15) is 0 Å². The van der Waals surface area contributed by atoms with E-state index in [4.69, 9.17) is 4.74 Å². The first-order valence-corrected chi connectivity index (χ1v) is 7.01. The molecule has 106 valence electrons. The summed E-state index contributed by atoms with van der Waals surface area (Å²) in [6, 6.07) is 5.46. The minimum Gasteiger partial charge on any atom is -0.489 e. The predicted molar refractivity (Wildman–Crippen MR) is 76.0 cm³/mol. The summed E-state index contributed by atoms with van der Waals surface area (Å²) in [5.74, 6) is 0.430. The second-order valence-electron chi connectivity index (χ2n) is 6.37. The molecule has 2 atom stereocenters. The SMILES string of the molecule is CNC1CCC(C)(C)CC1Oc1ccc(C)c(F)c1. The van der Waals surface area contributed by atoms with Crippen LogP contribution in [-0.4, -0.2) is 19.2 Å². The molecule has 0 radical (unpaired) electrons. The van der Waals surface area contributed by atoms with Gasteiger partial charge >= 0.3 is 0 Å². The fourth-order valence-corrected chi connectivity index (χ4v) is 2.80. The summed E-state index contributed by atoms with van der Waals surface area (Å²) in [6.45, 7) is 6.30. The highest BCUT2D eigenvalue weighted by molar-refractivity contribution is 5.28. The van der Waals surface area contributed by atoms with Gasteiger partial charge in [-0.05, 0) is 50.3 Å². The standard InChI is InChI=1S/C16H24FNO/c1-11-5-6-12(9-13(11)17)19-15-10-16(2,3)8-7-14(15)18-4/h5-6,9,14-15,18H,7-8,10H2,1-4H3. The molecule has 0 bridgehead atoms. The second-order valence-corrected chi connectivity index (χ2v) is 6.37. The lowest BCUT2D eigenvalue weighted by Crippen LogP contribution is -2.47. The van der Waals surface area contributed by atoms with Crippen molar-refractivity contribution in [3.63, 3.8) is 0 Å². The number of aryl methyl sites for hydroxylation is 1. The van der Waals surface area contributed by atoms with E-state index < -0.39 is 0 Å². The van der Waals surface area contributed by atoms with Crippen molar-refractivity contribution in [1.82, 2.24) is 5.32 Å². The highest BCUT2D eigenvalue weighted by atomic mass is 19.1. The topological polar surface area (TPSA) is 21.3 Å². The molecule has 19 heavy (non-hydrogen) atoms. The van der Waals surface area contributed by atoms with Crippen molar-refractivity contribution in [1.29, 1.82) is 0 Å². The smallest absolute Gasteiger partial charge is 0.129 e. The Morgan fingerprint density at radius 1 is 1.37 bits per heavy atom. The maximum Gasteiger partial charge on any atom is 0.129 e. The molecule has 2 rings (SSSR count). The van der Waals surface area contributed by atoms with Gasteiger partial charge in [0.05, 0.1) is 0 Å². The van der Waals surface area contributed by atoms with Crippen LogP contribution in [0, 0.1) is 18.2 Å². The number of ether oxygens (including phenoxy) is 1. The van der Waals surface area contributed by atoms with E-state index in [1.165, 1.54) is 12.5 Å². The van der Waals surface area contributed by atoms with E-state index in [1.807, 2.05) is 13.1 Å². The molecule has 0 spiro atoms. The third-order valence-corrected chi connectivity index (χ3v) is 4.14. The minimum absolute atomic E-state index is 0.107. The summed E-state index contributed by atoms with van der Waals surface area (Å²) >= 11 is 0. The number of benzene rings is 1. The molecule has 2 nitrogen and oxygen atoms in total. The van der Waals surface area contributed by atoms with Crippen molar-refractivity contribution in [3.8, 4) is 5.75 Å². The van der Waals surface area contributed by atoms with Crippen molar-refractivity contribution >= 4 is 0 Å². The van der Waals surface area contributed by atoms with Gasteiger partial charge in [0.1, 0.15) is 17.7 Å². The molecule has 1 aromatic carbocycles. The van der Waals surface area contributed by atoms with E-state index in [-0.39, 0.29) is 11.9 Å². The van der Waals surface area contributed by atoms with Crippen molar-refractivity contribution in [2.24, 2.45) is 5.41 Å². The highest BCUT2D eigenvalue weighted by Crippen LogP contribution is 2.37. The molecule has 0 amide bonds. The van der Waals surface area contributed by atoms with Gasteiger partial charge in [-0.3, -0.25) is 0 Å². The summed E-state index contributed by atoms with van der Waals surface area (Å²) in [5, 5.41) is 3.32. The molecule has 0 aliphatic heterocycles. The number of nitrogens with one attached hydrogen (secondary N) is 1. The quantitative estimate of drug-likeness (QED) is 0.900. The lowest BCUT2D eigenvalue weighted by atomic mass is 9.74. The molecule has 1 aliphatic carbocycles. The maximum absolute atomic E-state index is 13.6. The average Bonchev–Trinajstić information content (AvgIpc) is 2.33. The lowest BCUT2D eigenvalue weighted by Gasteiger charge is -2.40. The molecule has 1 saturated carbocycles. The van der Waals surface area contributed by atoms with Crippen molar-refractivity contribution in [3.05, 3.63) is 29.6 Å². The zero-order valence-corrected chi connectivity index (χ0v) is 12.3. The number of likely N-dealkylation sites (N-methyl/N-ethyl adjacent to an activating group) is 1. The van der Waals surface area contributed by atoms with Gasteiger partial charge in [0.2, 0.25) is 0 Å². The first-order chi connectivity index (χ1) is 8.91. The van der Waals surface area contributed by atoms with Crippen LogP contribution < -0.4 is 10.1 Å². The van der Waals surface area contributed by atoms with Crippen molar-refractivity contribution in [2.75, 3.05) is 7.05 Å². The Bertz CT molecular complexity index is 444. The fourth-order valence-electron chi connectivity index (χ4n) is 2.80. The zero-order chi connectivity index (χ0) is 14.0. The van der Waals surface area contributed by atoms with E-state index in [9.17, 15) is 4.39 Å². The van der Waals surface area contributed by atoms with Crippen LogP contribution in [0.5, 0.6) is 5.75 Å². The predicted octanol–water partition coefficient (Wildman–Crippen LogP) is 3.68. The maximum atomic E-state index is 13.6. The average molecular weight is 265 g/mol. The van der Waals surface area contributed by atoms with Crippen LogP contribution in [0.1, 0.15) is 38.7 Å². The zero-order valence-electron chi connectivity index (χ0n) is 12.3. The Morgan fingerprint density at radius 3 is 2.74 bits per heavy atom. The van der Waals surface area contributed by atoms with Crippen LogP contribution in [0.3, 0.4) is 0 Å². The summed E-state index contributed by atoms with van der Waals surface area (Å²) < 4.78 is 19.6. The molecular weight excluding hydrogens is 241 g/mol. The van der Waals surface area contributed by atoms with Gasteiger partial charge in [-0.1, -0.05) is 19.9 Å². The van der Waals surface area contributed by atoms with Crippen LogP contribution in [0.25, 0.3) is 0 Å². The van der Waals surface area contributed by atoms with Crippen molar-refractivity contribution in [2.45, 2.75) is 52.2 Å². The lowest BCUT2D eigenvalue weighted by molar-refractivity contribution is 0.0557. The molecule has 1 fully saturated rings. The molecule has 3 heteroatoms. The van der Waals surface area contributed by atoms with Crippen molar-refractivity contribution < 1.29 is 9.13 Å². The van der Waals surface area contributed by atoms with Gasteiger partial charge < -0.3 is 10.1 Å². The van der Waals surface area contributed by atoms with Gasteiger partial charge in [0.15, 0.2) is 0 Å². The second kappa shape index (κ2) is 5.49. The van der Waals surface area contributed by atoms with E-state index in [2.05, 4.69) is 19.2 Å². The van der Waals surface area contributed by atoms with Crippen LogP contribution in [0.15, 0.2) is 18.2 Å². The molecule has 0 aromatic heterocycles. The molecule has 2 unspecified atom stereocenters. The summed E-state index contributed by atoms with van der Waals surface area (Å²) in [7, 11) is 1.97. The van der Waals surface area contributed by atoms with Gasteiger partial charge in [-0.25, -0.2) is 4.39 Å². The Labute approximate surface area is 115 Å². The van der Waals surface area contributed by atoms with Gasteiger partial charge in [-0.15, -0.1) is 0 Å². The Balaban J connectivity index is 2.12. The first-order valence-electron chi connectivity index (χ1n) is 7.01. The molecular formula is C16H24FNO. The van der Waals surface area contributed by atoms with Crippen LogP contribution in [0.2, 0.25) is 0 Å². The summed E-state index contributed by atoms with van der Waals surface area (Å²) in [4.78, 5) is 0. The van der Waals surface area contributed by atoms with Crippen LogP contribution in [-0.2, 0) is 0 Å². The van der Waals surface area contributed by atoms with E-state index in [0.29, 0.717) is 22.8 Å². The van der Waals surface area contributed by atoms with E-state index in [1.54, 1.807) is 13.0 Å². The number of rotatable bonds is 3. The number of halogens is 1. The minimum atomic E-state index is -0.200. The number of hydrogen-bond donors (Lipinski definition) is 1. The molecule has 0 saturated heterocycles. The monoisotopic (exact) mass is 265 g/mol. The van der Waals surface area contributed by atoms with Crippen LogP contribution in [0.4, 0.5) is 4.39 Å². The van der Waals surface area contributed by atoms with E-state index in [0.717, 1.165) is 12.8 Å². The molecule has 1 N–H and O–H groups in total. The van der Waals surface area contributed by atoms with Gasteiger partial charge in [0.25, 0.3) is 0 Å². The van der Waals surface area contributed by atoms with Gasteiger partial charge in [0, 0.05) is 12.1 Å². The Hall–Kier alpha value is -1.09. The molecule has 1 aromatic rings. The Kier molecular flexibility index (Phi) is 4.14. The fraction of sp³-hybridized carbons (Fsp3) is 0.625. The Morgan fingerprint density at radius 2 is 2.11 bits per heavy atom. The summed E-state index contributed by atoms with van der Waals surface area (Å²) in [5.41, 5.74) is 0.947. The summed E-state index contributed by atoms with van der Waals surface area (Å²) in [6.07, 6.45) is 3.40. The largest absolute Gasteiger partial charge is 0.489 e. The normalized spacial score (nSPS) is 26.2. The third-order valence-electron chi connectivity index (χ3n) is 4.14. The third kappa shape index (κ3) is 3.47. The van der Waals surface area contributed by atoms with Crippen LogP contribution >= 0.6 is 0 Å². The molecule has 0 heterocycles. The highest BCUT2D eigenvalue weighted by Gasteiger charge is 2.35.